The molecule has 1 aliphatic carbocycles. The molecule has 2 aromatic carbocycles. The van der Waals surface area contributed by atoms with Crippen molar-refractivity contribution in [2.45, 2.75) is 45.6 Å². The molecule has 7 heteroatoms. The van der Waals surface area contributed by atoms with Gasteiger partial charge >= 0.3 is 12.1 Å². The summed E-state index contributed by atoms with van der Waals surface area (Å²) in [5, 5.41) is 14.6. The third-order valence-electron chi connectivity index (χ3n) is 6.02. The van der Waals surface area contributed by atoms with Crippen LogP contribution < -0.4 is 10.6 Å². The van der Waals surface area contributed by atoms with Crippen molar-refractivity contribution in [2.75, 3.05) is 13.2 Å². The third kappa shape index (κ3) is 5.92. The molecule has 0 aliphatic heterocycles. The summed E-state index contributed by atoms with van der Waals surface area (Å²) in [7, 11) is 0. The molecular weight excluding hydrogens is 420 g/mol. The second-order valence-electron chi connectivity index (χ2n) is 8.84. The Hall–Kier alpha value is -3.35. The van der Waals surface area contributed by atoms with Gasteiger partial charge in [0.15, 0.2) is 0 Å². The van der Waals surface area contributed by atoms with E-state index in [0.29, 0.717) is 12.8 Å². The Morgan fingerprint density at radius 2 is 1.58 bits per heavy atom. The minimum Gasteiger partial charge on any atom is -0.480 e. The predicted molar refractivity (Wildman–Crippen MR) is 126 cm³/mol. The van der Waals surface area contributed by atoms with Gasteiger partial charge in [0.2, 0.25) is 5.91 Å². The Labute approximate surface area is 194 Å². The highest BCUT2D eigenvalue weighted by Gasteiger charge is 2.29. The van der Waals surface area contributed by atoms with E-state index < -0.39 is 24.0 Å². The molecule has 1 aliphatic rings. The minimum absolute atomic E-state index is 0.0409. The lowest BCUT2D eigenvalue weighted by Crippen LogP contribution is -2.46. The topological polar surface area (TPSA) is 105 Å². The molecular formula is C26H32N2O5. The van der Waals surface area contributed by atoms with Crippen LogP contribution in [0.3, 0.4) is 0 Å². The van der Waals surface area contributed by atoms with E-state index in [1.807, 2.05) is 45.0 Å². The van der Waals surface area contributed by atoms with Gasteiger partial charge in [-0.2, -0.15) is 0 Å². The molecule has 176 valence electrons. The molecule has 0 fully saturated rings. The molecule has 2 amide bonds. The van der Waals surface area contributed by atoms with E-state index in [1.54, 1.807) is 0 Å². The summed E-state index contributed by atoms with van der Waals surface area (Å²) < 4.78 is 5.51. The van der Waals surface area contributed by atoms with E-state index in [4.69, 9.17) is 4.74 Å². The molecule has 0 bridgehead atoms. The molecule has 2 aromatic rings. The molecule has 3 rings (SSSR count). The zero-order valence-corrected chi connectivity index (χ0v) is 19.3. The lowest BCUT2D eigenvalue weighted by molar-refractivity contribution is -0.143. The second-order valence-corrected chi connectivity index (χ2v) is 8.84. The highest BCUT2D eigenvalue weighted by molar-refractivity contribution is 5.85. The number of carbonyl (C=O) groups excluding carboxylic acids is 2. The fraction of sp³-hybridized carbons (Fsp3) is 0.423. The van der Waals surface area contributed by atoms with E-state index >= 15 is 0 Å². The summed E-state index contributed by atoms with van der Waals surface area (Å²) in [5.41, 5.74) is 4.56. The third-order valence-corrected chi connectivity index (χ3v) is 6.02. The monoisotopic (exact) mass is 452 g/mol. The van der Waals surface area contributed by atoms with Gasteiger partial charge in [0, 0.05) is 12.5 Å². The molecule has 0 spiro atoms. The van der Waals surface area contributed by atoms with Crippen molar-refractivity contribution in [3.8, 4) is 11.1 Å². The number of rotatable bonds is 10. The van der Waals surface area contributed by atoms with Crippen molar-refractivity contribution in [2.24, 2.45) is 11.8 Å². The van der Waals surface area contributed by atoms with Crippen LogP contribution in [0.4, 0.5) is 4.79 Å². The Balaban J connectivity index is 1.55. The van der Waals surface area contributed by atoms with Crippen LogP contribution in [0.25, 0.3) is 11.1 Å². The first-order valence-electron chi connectivity index (χ1n) is 11.4. The number of hydrogen-bond acceptors (Lipinski definition) is 4. The Morgan fingerprint density at radius 1 is 1.00 bits per heavy atom. The normalized spacial score (nSPS) is 14.2. The molecule has 0 aromatic heterocycles. The molecule has 1 unspecified atom stereocenters. The zero-order chi connectivity index (χ0) is 24.0. The lowest BCUT2D eigenvalue weighted by atomic mass is 9.98. The second kappa shape index (κ2) is 11.0. The van der Waals surface area contributed by atoms with Gasteiger partial charge in [-0.05, 0) is 41.0 Å². The molecule has 7 nitrogen and oxygen atoms in total. The SMILES string of the molecule is CCC(CNC(=O)OCC1c2ccccc2-c2ccccc21)C(=O)N[C@H](CC(C)C)C(=O)O. The van der Waals surface area contributed by atoms with Crippen LogP contribution in [0, 0.1) is 11.8 Å². The van der Waals surface area contributed by atoms with Crippen LogP contribution in [-0.4, -0.2) is 42.3 Å². The number of fused-ring (bicyclic) bond motifs is 3. The van der Waals surface area contributed by atoms with Crippen LogP contribution in [0.2, 0.25) is 0 Å². The van der Waals surface area contributed by atoms with Crippen LogP contribution in [0.15, 0.2) is 48.5 Å². The molecule has 33 heavy (non-hydrogen) atoms. The van der Waals surface area contributed by atoms with Gasteiger partial charge in [0.1, 0.15) is 12.6 Å². The number of amides is 2. The summed E-state index contributed by atoms with van der Waals surface area (Å²) in [6, 6.07) is 15.3. The number of alkyl carbamates (subject to hydrolysis) is 1. The average Bonchev–Trinajstić information content (AvgIpc) is 3.11. The molecule has 0 saturated carbocycles. The smallest absolute Gasteiger partial charge is 0.407 e. The van der Waals surface area contributed by atoms with E-state index in [1.165, 1.54) is 0 Å². The van der Waals surface area contributed by atoms with E-state index in [-0.39, 0.29) is 30.9 Å². The van der Waals surface area contributed by atoms with Crippen molar-refractivity contribution in [3.63, 3.8) is 0 Å². The largest absolute Gasteiger partial charge is 0.480 e. The van der Waals surface area contributed by atoms with Crippen molar-refractivity contribution in [3.05, 3.63) is 59.7 Å². The summed E-state index contributed by atoms with van der Waals surface area (Å²) in [6.07, 6.45) is 0.209. The zero-order valence-electron chi connectivity index (χ0n) is 19.3. The number of hydrogen-bond donors (Lipinski definition) is 3. The molecule has 0 radical (unpaired) electrons. The molecule has 0 heterocycles. The molecule has 3 N–H and O–H groups in total. The van der Waals surface area contributed by atoms with Crippen molar-refractivity contribution in [1.82, 2.24) is 10.6 Å². The Morgan fingerprint density at radius 3 is 2.09 bits per heavy atom. The summed E-state index contributed by atoms with van der Waals surface area (Å²) in [6.45, 7) is 5.89. The van der Waals surface area contributed by atoms with Crippen molar-refractivity contribution < 1.29 is 24.2 Å². The first kappa shape index (κ1) is 24.3. The Bertz CT molecular complexity index is 958. The van der Waals surface area contributed by atoms with Crippen LogP contribution in [0.5, 0.6) is 0 Å². The van der Waals surface area contributed by atoms with Gasteiger partial charge in [-0.1, -0.05) is 69.3 Å². The maximum atomic E-state index is 12.6. The summed E-state index contributed by atoms with van der Waals surface area (Å²) >= 11 is 0. The number of nitrogens with one attached hydrogen (secondary N) is 2. The van der Waals surface area contributed by atoms with Crippen LogP contribution in [0.1, 0.15) is 50.7 Å². The highest BCUT2D eigenvalue weighted by atomic mass is 16.5. The maximum absolute atomic E-state index is 12.6. The van der Waals surface area contributed by atoms with Crippen molar-refractivity contribution in [1.29, 1.82) is 0 Å². The van der Waals surface area contributed by atoms with Gasteiger partial charge in [0.25, 0.3) is 0 Å². The summed E-state index contributed by atoms with van der Waals surface area (Å²) in [5.74, 6) is -1.90. The number of carboxylic acids is 1. The number of ether oxygens (including phenoxy) is 1. The number of benzene rings is 2. The summed E-state index contributed by atoms with van der Waals surface area (Å²) in [4.78, 5) is 36.4. The Kier molecular flexibility index (Phi) is 8.09. The van der Waals surface area contributed by atoms with Gasteiger partial charge in [0.05, 0.1) is 5.92 Å². The standard InChI is InChI=1S/C26H32N2O5/c1-4-17(24(29)28-23(25(30)31)13-16(2)3)14-27-26(32)33-15-22-20-11-7-5-9-18(20)19-10-6-8-12-21(19)22/h5-12,16-17,22-23H,4,13-15H2,1-3H3,(H,27,32)(H,28,29)(H,30,31)/t17?,23-/m1/s1. The molecule has 2 atom stereocenters. The van der Waals surface area contributed by atoms with E-state index in [2.05, 4.69) is 34.9 Å². The number of carboxylic acid groups (broad SMARTS) is 1. The van der Waals surface area contributed by atoms with Crippen LogP contribution in [-0.2, 0) is 14.3 Å². The average molecular weight is 453 g/mol. The first-order chi connectivity index (χ1) is 15.8. The van der Waals surface area contributed by atoms with Crippen LogP contribution >= 0.6 is 0 Å². The number of carbonyl (C=O) groups is 3. The van der Waals surface area contributed by atoms with E-state index in [0.717, 1.165) is 22.3 Å². The quantitative estimate of drug-likeness (QED) is 0.502. The fourth-order valence-corrected chi connectivity index (χ4v) is 4.26. The van der Waals surface area contributed by atoms with Gasteiger partial charge in [-0.3, -0.25) is 4.79 Å². The van der Waals surface area contributed by atoms with Gasteiger partial charge in [-0.15, -0.1) is 0 Å². The minimum atomic E-state index is -1.06. The lowest BCUT2D eigenvalue weighted by Gasteiger charge is -2.21. The molecule has 0 saturated heterocycles. The first-order valence-corrected chi connectivity index (χ1v) is 11.4. The van der Waals surface area contributed by atoms with E-state index in [9.17, 15) is 19.5 Å². The van der Waals surface area contributed by atoms with Gasteiger partial charge in [-0.25, -0.2) is 9.59 Å². The van der Waals surface area contributed by atoms with Crippen molar-refractivity contribution >= 4 is 18.0 Å². The maximum Gasteiger partial charge on any atom is 0.407 e. The fourth-order valence-electron chi connectivity index (χ4n) is 4.26. The highest BCUT2D eigenvalue weighted by Crippen LogP contribution is 2.44. The number of aliphatic carboxylic acids is 1. The van der Waals surface area contributed by atoms with Gasteiger partial charge < -0.3 is 20.5 Å². The predicted octanol–water partition coefficient (Wildman–Crippen LogP) is 4.17.